The fourth-order valence-electron chi connectivity index (χ4n) is 1.85. The Morgan fingerprint density at radius 3 is 2.68 bits per heavy atom. The lowest BCUT2D eigenvalue weighted by Crippen LogP contribution is -2.28. The van der Waals surface area contributed by atoms with E-state index in [9.17, 15) is 5.11 Å². The van der Waals surface area contributed by atoms with Crippen LogP contribution in [0, 0.1) is 0 Å². The van der Waals surface area contributed by atoms with Crippen molar-refractivity contribution < 1.29 is 14.6 Å². The van der Waals surface area contributed by atoms with Crippen molar-refractivity contribution in [1.29, 1.82) is 0 Å². The van der Waals surface area contributed by atoms with Crippen LogP contribution in [-0.4, -0.2) is 44.2 Å². The van der Waals surface area contributed by atoms with E-state index < -0.39 is 6.10 Å². The third kappa shape index (κ3) is 6.05. The molecule has 0 aliphatic carbocycles. The molecule has 0 saturated carbocycles. The van der Waals surface area contributed by atoms with Gasteiger partial charge in [0.1, 0.15) is 0 Å². The van der Waals surface area contributed by atoms with Gasteiger partial charge in [-0.15, -0.1) is 0 Å². The molecule has 0 aliphatic heterocycles. The number of ether oxygens (including phenoxy) is 2. The molecule has 1 aromatic rings. The molecule has 2 atom stereocenters. The summed E-state index contributed by atoms with van der Waals surface area (Å²) in [6.45, 7) is 5.38. The molecule has 108 valence electrons. The molecular formula is C15H25NO3. The summed E-state index contributed by atoms with van der Waals surface area (Å²) in [5.41, 5.74) is 2.33. The molecule has 4 nitrogen and oxygen atoms in total. The molecule has 0 bridgehead atoms. The van der Waals surface area contributed by atoms with E-state index in [2.05, 4.69) is 18.3 Å². The van der Waals surface area contributed by atoms with Crippen LogP contribution in [0.3, 0.4) is 0 Å². The molecule has 4 heteroatoms. The highest BCUT2D eigenvalue weighted by Gasteiger charge is 2.08. The minimum Gasteiger partial charge on any atom is -0.389 e. The largest absolute Gasteiger partial charge is 0.389 e. The fourth-order valence-corrected chi connectivity index (χ4v) is 1.85. The summed E-state index contributed by atoms with van der Waals surface area (Å²) in [5, 5.41) is 13.1. The summed E-state index contributed by atoms with van der Waals surface area (Å²) in [6, 6.07) is 8.13. The molecule has 0 radical (unpaired) electrons. The monoisotopic (exact) mass is 267 g/mol. The van der Waals surface area contributed by atoms with E-state index in [0.717, 1.165) is 12.1 Å². The van der Waals surface area contributed by atoms with E-state index in [1.165, 1.54) is 5.56 Å². The van der Waals surface area contributed by atoms with E-state index in [0.29, 0.717) is 19.8 Å². The lowest BCUT2D eigenvalue weighted by molar-refractivity contribution is -0.0282. The fraction of sp³-hybridized carbons (Fsp3) is 0.600. The number of aryl methyl sites for hydroxylation is 1. The van der Waals surface area contributed by atoms with Crippen LogP contribution in [-0.2, 0) is 15.9 Å². The van der Waals surface area contributed by atoms with E-state index in [4.69, 9.17) is 9.47 Å². The molecular weight excluding hydrogens is 242 g/mol. The molecule has 0 fully saturated rings. The Kier molecular flexibility index (Phi) is 7.48. The predicted octanol–water partition coefficient (Wildman–Crippen LogP) is 2.07. The molecule has 19 heavy (non-hydrogen) atoms. The van der Waals surface area contributed by atoms with Crippen molar-refractivity contribution in [3.05, 3.63) is 29.8 Å². The van der Waals surface area contributed by atoms with Crippen LogP contribution < -0.4 is 5.32 Å². The number of para-hydroxylation sites is 1. The summed E-state index contributed by atoms with van der Waals surface area (Å²) in [6.07, 6.45) is 0.451. The first-order chi connectivity index (χ1) is 9.17. The highest BCUT2D eigenvalue weighted by molar-refractivity contribution is 5.51. The lowest BCUT2D eigenvalue weighted by atomic mass is 10.1. The van der Waals surface area contributed by atoms with Gasteiger partial charge in [-0.25, -0.2) is 0 Å². The van der Waals surface area contributed by atoms with E-state index in [-0.39, 0.29) is 6.10 Å². The van der Waals surface area contributed by atoms with E-state index in [1.807, 2.05) is 25.1 Å². The number of nitrogens with one attached hydrogen (secondary N) is 1. The first-order valence-corrected chi connectivity index (χ1v) is 6.77. The third-order valence-corrected chi connectivity index (χ3v) is 2.90. The molecule has 2 N–H and O–H groups in total. The van der Waals surface area contributed by atoms with Gasteiger partial charge in [-0.3, -0.25) is 0 Å². The second-order valence-corrected chi connectivity index (χ2v) is 4.64. The zero-order valence-electron chi connectivity index (χ0n) is 12.1. The Hall–Kier alpha value is -1.10. The Morgan fingerprint density at radius 2 is 2.00 bits per heavy atom. The van der Waals surface area contributed by atoms with Crippen LogP contribution in [0.4, 0.5) is 5.69 Å². The second kappa shape index (κ2) is 8.91. The first-order valence-electron chi connectivity index (χ1n) is 6.77. The van der Waals surface area contributed by atoms with Crippen LogP contribution in [0.25, 0.3) is 0 Å². The van der Waals surface area contributed by atoms with Crippen molar-refractivity contribution in [2.24, 2.45) is 0 Å². The number of hydrogen-bond acceptors (Lipinski definition) is 4. The molecule has 0 heterocycles. The number of methoxy groups -OCH3 is 1. The van der Waals surface area contributed by atoms with Gasteiger partial charge < -0.3 is 19.9 Å². The molecule has 2 unspecified atom stereocenters. The van der Waals surface area contributed by atoms with Gasteiger partial charge in [0.2, 0.25) is 0 Å². The van der Waals surface area contributed by atoms with Crippen molar-refractivity contribution >= 4 is 5.69 Å². The predicted molar refractivity (Wildman–Crippen MR) is 77.6 cm³/mol. The zero-order chi connectivity index (χ0) is 14.1. The summed E-state index contributed by atoms with van der Waals surface area (Å²) in [7, 11) is 1.64. The van der Waals surface area contributed by atoms with Gasteiger partial charge in [-0.1, -0.05) is 25.1 Å². The third-order valence-electron chi connectivity index (χ3n) is 2.90. The topological polar surface area (TPSA) is 50.7 Å². The van der Waals surface area contributed by atoms with Crippen LogP contribution in [0.2, 0.25) is 0 Å². The maximum atomic E-state index is 9.86. The molecule has 0 spiro atoms. The average Bonchev–Trinajstić information content (AvgIpc) is 2.43. The Bertz CT molecular complexity index is 357. The Balaban J connectivity index is 2.31. The van der Waals surface area contributed by atoms with Crippen LogP contribution in [0.1, 0.15) is 19.4 Å². The van der Waals surface area contributed by atoms with Gasteiger partial charge in [0.15, 0.2) is 0 Å². The quantitative estimate of drug-likeness (QED) is 0.719. The minimum absolute atomic E-state index is 0.00239. The molecule has 0 saturated heterocycles. The number of benzene rings is 1. The van der Waals surface area contributed by atoms with Crippen molar-refractivity contribution in [3.63, 3.8) is 0 Å². The highest BCUT2D eigenvalue weighted by Crippen LogP contribution is 2.15. The number of anilines is 1. The minimum atomic E-state index is -0.524. The summed E-state index contributed by atoms with van der Waals surface area (Å²) < 4.78 is 10.4. The van der Waals surface area contributed by atoms with Gasteiger partial charge in [-0.2, -0.15) is 0 Å². The van der Waals surface area contributed by atoms with Gasteiger partial charge >= 0.3 is 0 Å². The highest BCUT2D eigenvalue weighted by atomic mass is 16.5. The average molecular weight is 267 g/mol. The van der Waals surface area contributed by atoms with Crippen LogP contribution >= 0.6 is 0 Å². The number of aliphatic hydroxyl groups is 1. The van der Waals surface area contributed by atoms with E-state index >= 15 is 0 Å². The Labute approximate surface area is 115 Å². The second-order valence-electron chi connectivity index (χ2n) is 4.64. The SMILES string of the molecule is CCc1ccccc1NCC(O)COC(C)COC. The van der Waals surface area contributed by atoms with Gasteiger partial charge in [0.25, 0.3) is 0 Å². The van der Waals surface area contributed by atoms with Gasteiger partial charge in [0, 0.05) is 19.3 Å². The summed E-state index contributed by atoms with van der Waals surface area (Å²) in [5.74, 6) is 0. The van der Waals surface area contributed by atoms with Crippen LogP contribution in [0.15, 0.2) is 24.3 Å². The van der Waals surface area contributed by atoms with Crippen molar-refractivity contribution in [3.8, 4) is 0 Å². The number of aliphatic hydroxyl groups excluding tert-OH is 1. The molecule has 1 rings (SSSR count). The lowest BCUT2D eigenvalue weighted by Gasteiger charge is -2.17. The van der Waals surface area contributed by atoms with Crippen molar-refractivity contribution in [2.45, 2.75) is 32.5 Å². The molecule has 1 aromatic carbocycles. The standard InChI is InChI=1S/C15H25NO3/c1-4-13-7-5-6-8-15(13)16-9-14(17)11-19-12(2)10-18-3/h5-8,12,14,16-17H,4,9-11H2,1-3H3. The molecule has 0 amide bonds. The molecule has 0 aromatic heterocycles. The summed E-state index contributed by atoms with van der Waals surface area (Å²) >= 11 is 0. The zero-order valence-corrected chi connectivity index (χ0v) is 12.1. The van der Waals surface area contributed by atoms with Crippen LogP contribution in [0.5, 0.6) is 0 Å². The van der Waals surface area contributed by atoms with Crippen molar-refractivity contribution in [1.82, 2.24) is 0 Å². The van der Waals surface area contributed by atoms with Crippen molar-refractivity contribution in [2.75, 3.05) is 32.2 Å². The maximum Gasteiger partial charge on any atom is 0.0945 e. The van der Waals surface area contributed by atoms with Gasteiger partial charge in [0.05, 0.1) is 25.4 Å². The normalized spacial score (nSPS) is 14.1. The first kappa shape index (κ1) is 16.0. The van der Waals surface area contributed by atoms with E-state index in [1.54, 1.807) is 7.11 Å². The number of rotatable bonds is 9. The Morgan fingerprint density at radius 1 is 1.26 bits per heavy atom. The number of hydrogen-bond donors (Lipinski definition) is 2. The molecule has 0 aliphatic rings. The maximum absolute atomic E-state index is 9.86. The smallest absolute Gasteiger partial charge is 0.0945 e. The summed E-state index contributed by atoms with van der Waals surface area (Å²) in [4.78, 5) is 0. The van der Waals surface area contributed by atoms with Gasteiger partial charge in [-0.05, 0) is 25.0 Å².